The molecule has 22 heavy (non-hydrogen) atoms. The summed E-state index contributed by atoms with van der Waals surface area (Å²) in [6.45, 7) is 0. The lowest BCUT2D eigenvalue weighted by atomic mass is 10.1. The number of ether oxygens (including phenoxy) is 1. The number of aromatic nitrogens is 2. The maximum Gasteiger partial charge on any atom is 0.343 e. The van der Waals surface area contributed by atoms with Crippen molar-refractivity contribution < 1.29 is 13.9 Å². The van der Waals surface area contributed by atoms with E-state index < -0.39 is 11.8 Å². The number of halogens is 1. The van der Waals surface area contributed by atoms with Gasteiger partial charge in [-0.3, -0.25) is 0 Å². The Balaban J connectivity index is 1.91. The van der Waals surface area contributed by atoms with Crippen molar-refractivity contribution >= 4 is 17.0 Å². The highest BCUT2D eigenvalue weighted by atomic mass is 19.1. The van der Waals surface area contributed by atoms with E-state index >= 15 is 0 Å². The molecule has 0 aliphatic rings. The van der Waals surface area contributed by atoms with Gasteiger partial charge in [0, 0.05) is 6.42 Å². The fourth-order valence-corrected chi connectivity index (χ4v) is 2.42. The number of carbonyl (C=O) groups excluding carboxylic acids is 1. The number of nitrogens with one attached hydrogen (secondary N) is 1. The quantitative estimate of drug-likeness (QED) is 0.752. The Morgan fingerprint density at radius 1 is 1.18 bits per heavy atom. The number of esters is 1. The topological polar surface area (TPSA) is 55.0 Å². The van der Waals surface area contributed by atoms with Crippen molar-refractivity contribution in [1.82, 2.24) is 9.97 Å². The summed E-state index contributed by atoms with van der Waals surface area (Å²) in [4.78, 5) is 19.2. The van der Waals surface area contributed by atoms with Gasteiger partial charge in [0.1, 0.15) is 22.7 Å². The number of aromatic amines is 1. The summed E-state index contributed by atoms with van der Waals surface area (Å²) in [6.07, 6.45) is 1.50. The molecule has 2 aromatic carbocycles. The van der Waals surface area contributed by atoms with Crippen LogP contribution in [-0.4, -0.2) is 23.0 Å². The van der Waals surface area contributed by atoms with Crippen LogP contribution in [0.4, 0.5) is 4.39 Å². The Hall–Kier alpha value is -2.69. The number of H-pyrrole nitrogens is 1. The molecule has 4 nitrogen and oxygen atoms in total. The number of benzene rings is 2. The third-order valence-corrected chi connectivity index (χ3v) is 3.54. The van der Waals surface area contributed by atoms with E-state index in [2.05, 4.69) is 14.7 Å². The van der Waals surface area contributed by atoms with Crippen LogP contribution in [0.2, 0.25) is 0 Å². The predicted octanol–water partition coefficient (Wildman–Crippen LogP) is 3.27. The van der Waals surface area contributed by atoms with Crippen LogP contribution in [-0.2, 0) is 17.6 Å². The Bertz CT molecular complexity index is 812. The standard InChI is InChI=1S/C17H15FN2O2/c1-22-17(21)15-12(18)8-9-13-16(15)20-14(19-13)10-7-11-5-3-2-4-6-11/h2-6,8-9H,7,10H2,1H3,(H,19,20). The highest BCUT2D eigenvalue weighted by Crippen LogP contribution is 2.21. The van der Waals surface area contributed by atoms with Crippen LogP contribution in [0.15, 0.2) is 42.5 Å². The van der Waals surface area contributed by atoms with Gasteiger partial charge >= 0.3 is 5.97 Å². The lowest BCUT2D eigenvalue weighted by Crippen LogP contribution is -2.05. The summed E-state index contributed by atoms with van der Waals surface area (Å²) < 4.78 is 18.5. The summed E-state index contributed by atoms with van der Waals surface area (Å²) in [5.74, 6) is -0.626. The Morgan fingerprint density at radius 3 is 2.68 bits per heavy atom. The summed E-state index contributed by atoms with van der Waals surface area (Å²) in [7, 11) is 1.23. The zero-order chi connectivity index (χ0) is 15.5. The van der Waals surface area contributed by atoms with Crippen LogP contribution in [0.3, 0.4) is 0 Å². The van der Waals surface area contributed by atoms with Crippen molar-refractivity contribution in [2.45, 2.75) is 12.8 Å². The average molecular weight is 298 g/mol. The maximum absolute atomic E-state index is 13.9. The second-order valence-electron chi connectivity index (χ2n) is 4.98. The highest BCUT2D eigenvalue weighted by molar-refractivity contribution is 6.02. The minimum atomic E-state index is -0.718. The summed E-state index contributed by atoms with van der Waals surface area (Å²) in [6, 6.07) is 12.8. The van der Waals surface area contributed by atoms with Gasteiger partial charge in [0.15, 0.2) is 0 Å². The third-order valence-electron chi connectivity index (χ3n) is 3.54. The van der Waals surface area contributed by atoms with Crippen molar-refractivity contribution in [2.75, 3.05) is 7.11 Å². The molecule has 0 radical (unpaired) electrons. The van der Waals surface area contributed by atoms with E-state index in [0.29, 0.717) is 17.5 Å². The molecule has 0 aliphatic carbocycles. The van der Waals surface area contributed by atoms with E-state index in [0.717, 1.165) is 12.2 Å². The smallest absolute Gasteiger partial charge is 0.343 e. The van der Waals surface area contributed by atoms with Gasteiger partial charge in [0.05, 0.1) is 12.6 Å². The number of imidazole rings is 1. The molecule has 1 N–H and O–H groups in total. The van der Waals surface area contributed by atoms with Crippen LogP contribution in [0.1, 0.15) is 21.7 Å². The van der Waals surface area contributed by atoms with Gasteiger partial charge in [0.25, 0.3) is 0 Å². The summed E-state index contributed by atoms with van der Waals surface area (Å²) in [5, 5.41) is 0. The van der Waals surface area contributed by atoms with Gasteiger partial charge in [-0.15, -0.1) is 0 Å². The molecule has 0 fully saturated rings. The SMILES string of the molecule is COC(=O)c1c(F)ccc2[nH]c(CCc3ccccc3)nc12. The first-order chi connectivity index (χ1) is 10.7. The van der Waals surface area contributed by atoms with Crippen LogP contribution >= 0.6 is 0 Å². The number of aryl methyl sites for hydroxylation is 2. The number of hydrogen-bond acceptors (Lipinski definition) is 3. The van der Waals surface area contributed by atoms with Gasteiger partial charge in [-0.2, -0.15) is 0 Å². The van der Waals surface area contributed by atoms with Crippen molar-refractivity contribution in [3.63, 3.8) is 0 Å². The molecular formula is C17H15FN2O2. The highest BCUT2D eigenvalue weighted by Gasteiger charge is 2.19. The molecule has 112 valence electrons. The fraction of sp³-hybridized carbons (Fsp3) is 0.176. The summed E-state index contributed by atoms with van der Waals surface area (Å²) in [5.41, 5.74) is 2.02. The maximum atomic E-state index is 13.9. The molecule has 3 aromatic rings. The molecule has 1 heterocycles. The lowest BCUT2D eigenvalue weighted by Gasteiger charge is -2.01. The monoisotopic (exact) mass is 298 g/mol. The van der Waals surface area contributed by atoms with Gasteiger partial charge in [-0.1, -0.05) is 30.3 Å². The van der Waals surface area contributed by atoms with Crippen molar-refractivity contribution in [3.8, 4) is 0 Å². The molecule has 0 aliphatic heterocycles. The first-order valence-corrected chi connectivity index (χ1v) is 6.98. The first-order valence-electron chi connectivity index (χ1n) is 6.98. The second kappa shape index (κ2) is 5.97. The van der Waals surface area contributed by atoms with Gasteiger partial charge in [-0.05, 0) is 24.1 Å². The Morgan fingerprint density at radius 2 is 1.95 bits per heavy atom. The molecule has 0 amide bonds. The fourth-order valence-electron chi connectivity index (χ4n) is 2.42. The predicted molar refractivity (Wildman–Crippen MR) is 81.2 cm³/mol. The van der Waals surface area contributed by atoms with Crippen molar-refractivity contribution in [1.29, 1.82) is 0 Å². The van der Waals surface area contributed by atoms with Crippen molar-refractivity contribution in [3.05, 3.63) is 65.2 Å². The van der Waals surface area contributed by atoms with Gasteiger partial charge in [-0.25, -0.2) is 14.2 Å². The van der Waals surface area contributed by atoms with E-state index in [1.165, 1.54) is 18.7 Å². The zero-order valence-corrected chi connectivity index (χ0v) is 12.1. The molecular weight excluding hydrogens is 283 g/mol. The van der Waals surface area contributed by atoms with E-state index in [1.54, 1.807) is 6.07 Å². The number of carbonyl (C=O) groups is 1. The molecule has 0 spiro atoms. The van der Waals surface area contributed by atoms with Gasteiger partial charge < -0.3 is 9.72 Å². The molecule has 0 unspecified atom stereocenters. The third kappa shape index (κ3) is 2.70. The van der Waals surface area contributed by atoms with Crippen LogP contribution < -0.4 is 0 Å². The average Bonchev–Trinajstić information content (AvgIpc) is 2.96. The molecule has 0 bridgehead atoms. The summed E-state index contributed by atoms with van der Waals surface area (Å²) >= 11 is 0. The second-order valence-corrected chi connectivity index (χ2v) is 4.98. The molecule has 5 heteroatoms. The van der Waals surface area contributed by atoms with E-state index in [4.69, 9.17) is 0 Å². The van der Waals surface area contributed by atoms with Gasteiger partial charge in [0.2, 0.25) is 0 Å². The number of fused-ring (bicyclic) bond motifs is 1. The molecule has 0 atom stereocenters. The van der Waals surface area contributed by atoms with Crippen LogP contribution in [0, 0.1) is 5.82 Å². The number of nitrogens with zero attached hydrogens (tertiary/aromatic N) is 1. The number of hydrogen-bond donors (Lipinski definition) is 1. The Kier molecular flexibility index (Phi) is 3.87. The van der Waals surface area contributed by atoms with Crippen molar-refractivity contribution in [2.24, 2.45) is 0 Å². The molecule has 0 saturated heterocycles. The first kappa shape index (κ1) is 14.3. The lowest BCUT2D eigenvalue weighted by molar-refractivity contribution is 0.0597. The number of rotatable bonds is 4. The van der Waals surface area contributed by atoms with E-state index in [1.807, 2.05) is 30.3 Å². The number of methoxy groups -OCH3 is 1. The largest absolute Gasteiger partial charge is 0.465 e. The van der Waals surface area contributed by atoms with E-state index in [9.17, 15) is 9.18 Å². The molecule has 3 rings (SSSR count). The van der Waals surface area contributed by atoms with Crippen LogP contribution in [0.25, 0.3) is 11.0 Å². The molecule has 1 aromatic heterocycles. The van der Waals surface area contributed by atoms with E-state index in [-0.39, 0.29) is 5.56 Å². The zero-order valence-electron chi connectivity index (χ0n) is 12.1. The van der Waals surface area contributed by atoms with Crippen LogP contribution in [0.5, 0.6) is 0 Å². The Labute approximate surface area is 126 Å². The minimum absolute atomic E-state index is 0.123. The normalized spacial score (nSPS) is 10.8. The minimum Gasteiger partial charge on any atom is -0.465 e. The molecule has 0 saturated carbocycles.